The third-order valence-electron chi connectivity index (χ3n) is 3.96. The fourth-order valence-corrected chi connectivity index (χ4v) is 2.79. The van der Waals surface area contributed by atoms with Crippen LogP contribution in [0.3, 0.4) is 0 Å². The number of carbonyl (C=O) groups is 1. The lowest BCUT2D eigenvalue weighted by atomic mass is 9.97. The fraction of sp³-hybridized carbons (Fsp3) is 0.375. The van der Waals surface area contributed by atoms with Gasteiger partial charge in [0.15, 0.2) is 0 Å². The number of nitrogens with zero attached hydrogens (tertiary/aromatic N) is 2. The van der Waals surface area contributed by atoms with Gasteiger partial charge in [0.05, 0.1) is 0 Å². The summed E-state index contributed by atoms with van der Waals surface area (Å²) in [6.07, 6.45) is 4.98. The molecule has 0 saturated carbocycles. The van der Waals surface area contributed by atoms with Gasteiger partial charge in [0, 0.05) is 57.0 Å². The van der Waals surface area contributed by atoms with E-state index in [1.807, 2.05) is 29.9 Å². The number of anilines is 1. The summed E-state index contributed by atoms with van der Waals surface area (Å²) in [5, 5.41) is 6.33. The Morgan fingerprint density at radius 1 is 1.48 bits per heavy atom. The van der Waals surface area contributed by atoms with Crippen molar-refractivity contribution < 1.29 is 4.79 Å². The van der Waals surface area contributed by atoms with Gasteiger partial charge >= 0.3 is 0 Å². The maximum atomic E-state index is 12.1. The average Bonchev–Trinajstić information content (AvgIpc) is 3.07. The molecule has 0 radical (unpaired) electrons. The fourth-order valence-electron chi connectivity index (χ4n) is 2.79. The molecule has 1 aromatic heterocycles. The number of nitrogens with one attached hydrogen (secondary N) is 2. The van der Waals surface area contributed by atoms with Crippen LogP contribution in [-0.4, -0.2) is 28.5 Å². The highest BCUT2D eigenvalue weighted by Crippen LogP contribution is 2.32. The summed E-state index contributed by atoms with van der Waals surface area (Å²) in [5.41, 5.74) is 2.40. The van der Waals surface area contributed by atoms with Crippen molar-refractivity contribution in [2.24, 2.45) is 7.05 Å². The van der Waals surface area contributed by atoms with Gasteiger partial charge in [0.1, 0.15) is 5.82 Å². The minimum Gasteiger partial charge on any atom is -0.384 e. The van der Waals surface area contributed by atoms with Crippen molar-refractivity contribution in [3.05, 3.63) is 48.0 Å². The first-order chi connectivity index (χ1) is 10.2. The molecule has 0 fully saturated rings. The Balaban J connectivity index is 1.48. The second kappa shape index (κ2) is 5.99. The summed E-state index contributed by atoms with van der Waals surface area (Å²) < 4.78 is 1.98. The van der Waals surface area contributed by atoms with Gasteiger partial charge in [-0.15, -0.1) is 0 Å². The third-order valence-corrected chi connectivity index (χ3v) is 3.96. The number of rotatable bonds is 5. The maximum Gasteiger partial charge on any atom is 0.220 e. The number of hydrogen-bond acceptors (Lipinski definition) is 3. The van der Waals surface area contributed by atoms with E-state index in [9.17, 15) is 4.79 Å². The number of amides is 1. The number of imidazole rings is 1. The monoisotopic (exact) mass is 284 g/mol. The summed E-state index contributed by atoms with van der Waals surface area (Å²) in [7, 11) is 1.96. The van der Waals surface area contributed by atoms with Gasteiger partial charge in [0.25, 0.3) is 0 Å². The molecule has 2 N–H and O–H groups in total. The number of carbonyl (C=O) groups excluding carboxylic acids is 1. The van der Waals surface area contributed by atoms with Crippen LogP contribution in [0.2, 0.25) is 0 Å². The van der Waals surface area contributed by atoms with Crippen molar-refractivity contribution in [3.63, 3.8) is 0 Å². The zero-order chi connectivity index (χ0) is 14.7. The third kappa shape index (κ3) is 3.07. The van der Waals surface area contributed by atoms with Gasteiger partial charge in [-0.1, -0.05) is 18.2 Å². The Morgan fingerprint density at radius 3 is 3.14 bits per heavy atom. The Morgan fingerprint density at radius 2 is 2.33 bits per heavy atom. The summed E-state index contributed by atoms with van der Waals surface area (Å²) in [6.45, 7) is 1.47. The number of aromatic nitrogens is 2. The molecule has 1 aliphatic rings. The molecule has 2 aromatic rings. The van der Waals surface area contributed by atoms with Crippen LogP contribution in [0.1, 0.15) is 23.7 Å². The largest absolute Gasteiger partial charge is 0.384 e. The molecule has 1 atom stereocenters. The molecule has 1 unspecified atom stereocenters. The van der Waals surface area contributed by atoms with Crippen LogP contribution >= 0.6 is 0 Å². The molecule has 2 heterocycles. The highest BCUT2D eigenvalue weighted by molar-refractivity contribution is 5.78. The Labute approximate surface area is 124 Å². The van der Waals surface area contributed by atoms with E-state index in [1.54, 1.807) is 6.20 Å². The molecule has 0 aliphatic carbocycles. The minimum atomic E-state index is 0.104. The predicted molar refractivity (Wildman–Crippen MR) is 82.2 cm³/mol. The van der Waals surface area contributed by atoms with Crippen molar-refractivity contribution in [2.45, 2.75) is 18.8 Å². The van der Waals surface area contributed by atoms with E-state index in [2.05, 4.69) is 27.8 Å². The summed E-state index contributed by atoms with van der Waals surface area (Å²) in [6, 6.07) is 8.20. The first-order valence-corrected chi connectivity index (χ1v) is 7.30. The normalized spacial score (nSPS) is 16.3. The zero-order valence-electron chi connectivity index (χ0n) is 12.2. The van der Waals surface area contributed by atoms with Crippen molar-refractivity contribution in [2.75, 3.05) is 18.4 Å². The molecule has 0 spiro atoms. The molecule has 0 saturated heterocycles. The average molecular weight is 284 g/mol. The number of benzene rings is 1. The Hall–Kier alpha value is -2.30. The summed E-state index contributed by atoms with van der Waals surface area (Å²) >= 11 is 0. The number of aryl methyl sites for hydroxylation is 1. The highest BCUT2D eigenvalue weighted by atomic mass is 16.1. The molecule has 21 heavy (non-hydrogen) atoms. The molecule has 5 nitrogen and oxygen atoms in total. The smallest absolute Gasteiger partial charge is 0.220 e. The van der Waals surface area contributed by atoms with E-state index in [1.165, 1.54) is 5.56 Å². The van der Waals surface area contributed by atoms with Crippen LogP contribution in [-0.2, 0) is 18.3 Å². The zero-order valence-corrected chi connectivity index (χ0v) is 12.2. The number of para-hydroxylation sites is 1. The van der Waals surface area contributed by atoms with E-state index in [4.69, 9.17) is 0 Å². The minimum absolute atomic E-state index is 0.104. The van der Waals surface area contributed by atoms with Crippen molar-refractivity contribution in [1.82, 2.24) is 14.9 Å². The predicted octanol–water partition coefficient (Wildman–Crippen LogP) is 1.68. The van der Waals surface area contributed by atoms with E-state index >= 15 is 0 Å². The molecule has 1 amide bonds. The second-order valence-electron chi connectivity index (χ2n) is 5.42. The molecule has 110 valence electrons. The molecular formula is C16H20N4O. The van der Waals surface area contributed by atoms with Crippen molar-refractivity contribution >= 4 is 11.6 Å². The van der Waals surface area contributed by atoms with Crippen LogP contribution in [0.25, 0.3) is 0 Å². The molecule has 1 aromatic carbocycles. The molecule has 0 bridgehead atoms. The summed E-state index contributed by atoms with van der Waals surface area (Å²) in [5.74, 6) is 1.37. The SMILES string of the molecule is Cn1ccnc1CCNC(=O)CC1CNc2ccccc21. The molecule has 3 rings (SSSR count). The molecule has 1 aliphatic heterocycles. The maximum absolute atomic E-state index is 12.1. The van der Waals surface area contributed by atoms with E-state index in [0.717, 1.165) is 24.5 Å². The number of hydrogen-bond donors (Lipinski definition) is 2. The molecular weight excluding hydrogens is 264 g/mol. The highest BCUT2D eigenvalue weighted by Gasteiger charge is 2.23. The number of fused-ring (bicyclic) bond motifs is 1. The first-order valence-electron chi connectivity index (χ1n) is 7.30. The lowest BCUT2D eigenvalue weighted by molar-refractivity contribution is -0.121. The van der Waals surface area contributed by atoms with Crippen LogP contribution in [0.5, 0.6) is 0 Å². The first kappa shape index (κ1) is 13.7. The molecule has 5 heteroatoms. The van der Waals surface area contributed by atoms with E-state index < -0.39 is 0 Å². The van der Waals surface area contributed by atoms with Crippen LogP contribution in [0.15, 0.2) is 36.7 Å². The van der Waals surface area contributed by atoms with Gasteiger partial charge < -0.3 is 15.2 Å². The Bertz CT molecular complexity index is 635. The van der Waals surface area contributed by atoms with Gasteiger partial charge in [0.2, 0.25) is 5.91 Å². The van der Waals surface area contributed by atoms with Crippen LogP contribution < -0.4 is 10.6 Å². The van der Waals surface area contributed by atoms with Gasteiger partial charge in [-0.2, -0.15) is 0 Å². The summed E-state index contributed by atoms with van der Waals surface area (Å²) in [4.78, 5) is 16.3. The Kier molecular flexibility index (Phi) is 3.90. The lowest BCUT2D eigenvalue weighted by Crippen LogP contribution is -2.28. The lowest BCUT2D eigenvalue weighted by Gasteiger charge is -2.10. The standard InChI is InChI=1S/C16H20N4O/c1-20-9-8-17-15(20)6-7-18-16(21)10-12-11-19-14-5-3-2-4-13(12)14/h2-5,8-9,12,19H,6-7,10-11H2,1H3,(H,18,21). The van der Waals surface area contributed by atoms with E-state index in [-0.39, 0.29) is 11.8 Å². The van der Waals surface area contributed by atoms with E-state index in [0.29, 0.717) is 13.0 Å². The van der Waals surface area contributed by atoms with Crippen molar-refractivity contribution in [1.29, 1.82) is 0 Å². The second-order valence-corrected chi connectivity index (χ2v) is 5.42. The van der Waals surface area contributed by atoms with Gasteiger partial charge in [-0.3, -0.25) is 4.79 Å². The van der Waals surface area contributed by atoms with Crippen LogP contribution in [0.4, 0.5) is 5.69 Å². The van der Waals surface area contributed by atoms with Gasteiger partial charge in [-0.05, 0) is 11.6 Å². The van der Waals surface area contributed by atoms with Crippen molar-refractivity contribution in [3.8, 4) is 0 Å². The van der Waals surface area contributed by atoms with Crippen LogP contribution in [0, 0.1) is 0 Å². The topological polar surface area (TPSA) is 59.0 Å². The quantitative estimate of drug-likeness (QED) is 0.878. The van der Waals surface area contributed by atoms with Gasteiger partial charge in [-0.25, -0.2) is 4.98 Å².